The van der Waals surface area contributed by atoms with Gasteiger partial charge in [0.15, 0.2) is 0 Å². The fraction of sp³-hybridized carbons (Fsp3) is 0.615. The lowest BCUT2D eigenvalue weighted by molar-refractivity contribution is 0.545. The SMILES string of the molecule is CCCC[S+]([O-])NC(CC)c1cc(=O)n(C)cc1Br. The van der Waals surface area contributed by atoms with Gasteiger partial charge in [0.05, 0.1) is 6.04 Å². The van der Waals surface area contributed by atoms with Gasteiger partial charge < -0.3 is 9.12 Å². The molecule has 0 radical (unpaired) electrons. The molecule has 0 saturated heterocycles. The van der Waals surface area contributed by atoms with E-state index >= 15 is 0 Å². The number of nitrogens with one attached hydrogen (secondary N) is 1. The van der Waals surface area contributed by atoms with E-state index in [4.69, 9.17) is 0 Å². The second-order valence-electron chi connectivity index (χ2n) is 4.51. The molecule has 0 saturated carbocycles. The zero-order chi connectivity index (χ0) is 14.4. The average molecular weight is 349 g/mol. The normalized spacial score (nSPS) is 14.4. The van der Waals surface area contributed by atoms with Crippen molar-refractivity contribution in [2.24, 2.45) is 7.05 Å². The minimum absolute atomic E-state index is 0.0576. The fourth-order valence-corrected chi connectivity index (χ4v) is 3.72. The van der Waals surface area contributed by atoms with Crippen molar-refractivity contribution in [1.82, 2.24) is 9.29 Å². The molecule has 1 aromatic heterocycles. The molecule has 0 aliphatic rings. The minimum atomic E-state index is -1.05. The minimum Gasteiger partial charge on any atom is -0.598 e. The van der Waals surface area contributed by atoms with Crippen molar-refractivity contribution in [2.45, 2.75) is 39.2 Å². The van der Waals surface area contributed by atoms with Crippen LogP contribution in [0.1, 0.15) is 44.7 Å². The van der Waals surface area contributed by atoms with Gasteiger partial charge in [-0.25, -0.2) is 0 Å². The van der Waals surface area contributed by atoms with Gasteiger partial charge in [-0.2, -0.15) is 0 Å². The molecule has 0 amide bonds. The Hall–Kier alpha value is -0.300. The summed E-state index contributed by atoms with van der Waals surface area (Å²) in [6, 6.07) is 1.53. The maximum atomic E-state index is 11.9. The predicted molar refractivity (Wildman–Crippen MR) is 83.5 cm³/mol. The Morgan fingerprint density at radius 3 is 2.79 bits per heavy atom. The van der Waals surface area contributed by atoms with Crippen LogP contribution in [0.25, 0.3) is 0 Å². The summed E-state index contributed by atoms with van der Waals surface area (Å²) in [5.74, 6) is 0.648. The summed E-state index contributed by atoms with van der Waals surface area (Å²) >= 11 is 2.42. The number of pyridine rings is 1. The third-order valence-electron chi connectivity index (χ3n) is 2.95. The van der Waals surface area contributed by atoms with Crippen LogP contribution in [0.2, 0.25) is 0 Å². The molecular weight excluding hydrogens is 328 g/mol. The number of rotatable bonds is 7. The van der Waals surface area contributed by atoms with Crippen molar-refractivity contribution in [2.75, 3.05) is 5.75 Å². The molecule has 6 heteroatoms. The van der Waals surface area contributed by atoms with E-state index < -0.39 is 11.4 Å². The number of hydrogen-bond acceptors (Lipinski definition) is 3. The van der Waals surface area contributed by atoms with Gasteiger partial charge in [-0.1, -0.05) is 20.3 Å². The van der Waals surface area contributed by atoms with Gasteiger partial charge >= 0.3 is 0 Å². The highest BCUT2D eigenvalue weighted by atomic mass is 79.9. The van der Waals surface area contributed by atoms with Crippen LogP contribution in [0.3, 0.4) is 0 Å². The van der Waals surface area contributed by atoms with Crippen LogP contribution < -0.4 is 10.3 Å². The summed E-state index contributed by atoms with van der Waals surface area (Å²) in [6.07, 6.45) is 4.49. The molecule has 4 nitrogen and oxygen atoms in total. The van der Waals surface area contributed by atoms with Crippen molar-refractivity contribution in [3.8, 4) is 0 Å². The second-order valence-corrected chi connectivity index (χ2v) is 6.70. The topological polar surface area (TPSA) is 57.1 Å². The molecule has 1 aromatic rings. The first kappa shape index (κ1) is 16.8. The summed E-state index contributed by atoms with van der Waals surface area (Å²) in [6.45, 7) is 4.09. The van der Waals surface area contributed by atoms with Crippen LogP contribution >= 0.6 is 15.9 Å². The van der Waals surface area contributed by atoms with E-state index in [9.17, 15) is 9.35 Å². The number of hydrogen-bond donors (Lipinski definition) is 1. The predicted octanol–water partition coefficient (Wildman–Crippen LogP) is 2.65. The fourth-order valence-electron chi connectivity index (χ4n) is 1.74. The lowest BCUT2D eigenvalue weighted by Crippen LogP contribution is -2.31. The van der Waals surface area contributed by atoms with E-state index in [1.165, 1.54) is 4.57 Å². The van der Waals surface area contributed by atoms with Gasteiger partial charge in [0.1, 0.15) is 5.75 Å². The van der Waals surface area contributed by atoms with Gasteiger partial charge in [0.2, 0.25) is 0 Å². The van der Waals surface area contributed by atoms with Crippen molar-refractivity contribution < 1.29 is 4.55 Å². The Bertz CT molecular complexity index is 464. The summed E-state index contributed by atoms with van der Waals surface area (Å²) < 4.78 is 17.4. The summed E-state index contributed by atoms with van der Waals surface area (Å²) in [5.41, 5.74) is 0.813. The monoisotopic (exact) mass is 348 g/mol. The number of unbranched alkanes of at least 4 members (excludes halogenated alkanes) is 1. The molecule has 0 aliphatic carbocycles. The maximum Gasteiger partial charge on any atom is 0.250 e. The zero-order valence-electron chi connectivity index (χ0n) is 11.6. The van der Waals surface area contributed by atoms with Crippen LogP contribution in [-0.2, 0) is 18.4 Å². The molecule has 2 atom stereocenters. The molecule has 19 heavy (non-hydrogen) atoms. The van der Waals surface area contributed by atoms with Crippen LogP contribution in [-0.4, -0.2) is 14.9 Å². The van der Waals surface area contributed by atoms with E-state index in [1.807, 2.05) is 6.92 Å². The molecule has 0 aromatic carbocycles. The van der Waals surface area contributed by atoms with Crippen molar-refractivity contribution in [3.63, 3.8) is 0 Å². The molecular formula is C13H21BrN2O2S. The Labute approximate surface area is 126 Å². The molecule has 1 rings (SSSR count). The van der Waals surface area contributed by atoms with Crippen LogP contribution in [0.4, 0.5) is 0 Å². The molecule has 0 spiro atoms. The van der Waals surface area contributed by atoms with Crippen molar-refractivity contribution in [1.29, 1.82) is 0 Å². The van der Waals surface area contributed by atoms with Gasteiger partial charge in [-0.15, -0.1) is 4.72 Å². The van der Waals surface area contributed by atoms with E-state index in [0.717, 1.165) is 29.3 Å². The van der Waals surface area contributed by atoms with Gasteiger partial charge in [-0.05, 0) is 34.3 Å². The summed E-state index contributed by atoms with van der Waals surface area (Å²) in [7, 11) is 1.71. The highest BCUT2D eigenvalue weighted by molar-refractivity contribution is 9.10. The highest BCUT2D eigenvalue weighted by Gasteiger charge is 2.19. The van der Waals surface area contributed by atoms with Crippen LogP contribution in [0, 0.1) is 0 Å². The van der Waals surface area contributed by atoms with Crippen molar-refractivity contribution >= 4 is 27.3 Å². The number of aryl methyl sites for hydroxylation is 1. The highest BCUT2D eigenvalue weighted by Crippen LogP contribution is 2.24. The smallest absolute Gasteiger partial charge is 0.250 e. The molecule has 0 bridgehead atoms. The quantitative estimate of drug-likeness (QED) is 0.770. The Balaban J connectivity index is 2.85. The molecule has 0 aliphatic heterocycles. The van der Waals surface area contributed by atoms with Crippen molar-refractivity contribution in [3.05, 3.63) is 32.7 Å². The molecule has 0 fully saturated rings. The standard InChI is InChI=1S/C13H21BrN2O2S/c1-4-6-7-19(18)15-12(5-2)10-8-13(17)16(3)9-11(10)14/h8-9,12,15H,4-7H2,1-3H3. The van der Waals surface area contributed by atoms with E-state index in [2.05, 4.69) is 27.6 Å². The van der Waals surface area contributed by atoms with Crippen LogP contribution in [0.15, 0.2) is 21.5 Å². The van der Waals surface area contributed by atoms with Gasteiger partial charge in [-0.3, -0.25) is 4.79 Å². The van der Waals surface area contributed by atoms with E-state index in [-0.39, 0.29) is 11.6 Å². The summed E-state index contributed by atoms with van der Waals surface area (Å²) in [5, 5.41) is 0. The van der Waals surface area contributed by atoms with E-state index in [1.54, 1.807) is 19.3 Å². The molecule has 2 unspecified atom stereocenters. The largest absolute Gasteiger partial charge is 0.598 e. The third-order valence-corrected chi connectivity index (χ3v) is 4.82. The maximum absolute atomic E-state index is 11.9. The Morgan fingerprint density at radius 2 is 2.21 bits per heavy atom. The number of halogens is 1. The summed E-state index contributed by atoms with van der Waals surface area (Å²) in [4.78, 5) is 11.7. The number of aromatic nitrogens is 1. The van der Waals surface area contributed by atoms with E-state index in [0.29, 0.717) is 5.75 Å². The number of nitrogens with zero attached hydrogens (tertiary/aromatic N) is 1. The Kier molecular flexibility index (Phi) is 7.13. The third kappa shape index (κ3) is 4.95. The second kappa shape index (κ2) is 8.09. The first-order chi connectivity index (χ1) is 8.99. The van der Waals surface area contributed by atoms with Gasteiger partial charge in [0.25, 0.3) is 5.56 Å². The molecule has 1 heterocycles. The lowest BCUT2D eigenvalue weighted by Gasteiger charge is -2.20. The molecule has 108 valence electrons. The first-order valence-electron chi connectivity index (χ1n) is 6.50. The average Bonchev–Trinajstić information content (AvgIpc) is 2.38. The van der Waals surface area contributed by atoms with Gasteiger partial charge in [0, 0.05) is 35.1 Å². The Morgan fingerprint density at radius 1 is 1.53 bits per heavy atom. The lowest BCUT2D eigenvalue weighted by atomic mass is 10.1. The first-order valence-corrected chi connectivity index (χ1v) is 8.61. The zero-order valence-corrected chi connectivity index (χ0v) is 14.0. The van der Waals surface area contributed by atoms with Crippen LogP contribution in [0.5, 0.6) is 0 Å². The molecule has 1 N–H and O–H groups in total.